The van der Waals surface area contributed by atoms with Crippen LogP contribution in [0.15, 0.2) is 17.7 Å². The van der Waals surface area contributed by atoms with Crippen LogP contribution >= 0.6 is 0 Å². The lowest BCUT2D eigenvalue weighted by atomic mass is 9.74. The second-order valence-corrected chi connectivity index (χ2v) is 9.98. The highest BCUT2D eigenvalue weighted by Crippen LogP contribution is 2.52. The average Bonchev–Trinajstić information content (AvgIpc) is 2.57. The van der Waals surface area contributed by atoms with Crippen LogP contribution in [0.3, 0.4) is 0 Å². The summed E-state index contributed by atoms with van der Waals surface area (Å²) in [5.41, 5.74) is 2.87. The van der Waals surface area contributed by atoms with Crippen LogP contribution in [-0.4, -0.2) is 16.3 Å². The molecule has 1 aliphatic carbocycles. The van der Waals surface area contributed by atoms with Crippen molar-refractivity contribution in [1.82, 2.24) is 0 Å². The lowest BCUT2D eigenvalue weighted by molar-refractivity contribution is 0.0458. The number of allylic oxidation sites excluding steroid dienone is 1. The maximum atomic E-state index is 10.9. The molecule has 0 saturated carbocycles. The lowest BCUT2D eigenvalue weighted by Gasteiger charge is -2.41. The summed E-state index contributed by atoms with van der Waals surface area (Å²) in [4.78, 5) is 0. The average molecular weight is 387 g/mol. The number of phenols is 1. The fourth-order valence-electron chi connectivity index (χ4n) is 4.65. The maximum Gasteiger partial charge on any atom is 0.135 e. The summed E-state index contributed by atoms with van der Waals surface area (Å²) in [6.45, 7) is 15.3. The van der Waals surface area contributed by atoms with Crippen LogP contribution in [0.2, 0.25) is 0 Å². The summed E-state index contributed by atoms with van der Waals surface area (Å²) < 4.78 is 12.8. The first kappa shape index (κ1) is 21.1. The number of phenolic OH excluding ortho intramolecular Hbond substituents is 1. The van der Waals surface area contributed by atoms with Gasteiger partial charge in [-0.05, 0) is 76.4 Å². The molecule has 156 valence electrons. The summed E-state index contributed by atoms with van der Waals surface area (Å²) in [5, 5.41) is 10.9. The van der Waals surface area contributed by atoms with Gasteiger partial charge in [0.15, 0.2) is 0 Å². The molecule has 1 aromatic rings. The third-order valence-electron chi connectivity index (χ3n) is 6.81. The molecule has 3 rings (SSSR count). The molecule has 1 aliphatic heterocycles. The molecule has 3 heteroatoms. The van der Waals surface area contributed by atoms with Gasteiger partial charge in [0.05, 0.1) is 5.56 Å². The molecule has 0 saturated heterocycles. The van der Waals surface area contributed by atoms with E-state index in [1.54, 1.807) is 6.07 Å². The van der Waals surface area contributed by atoms with Gasteiger partial charge in [-0.1, -0.05) is 33.6 Å². The molecule has 0 spiro atoms. The number of rotatable bonds is 6. The number of hydrogen-bond donors (Lipinski definition) is 1. The van der Waals surface area contributed by atoms with Crippen molar-refractivity contribution < 1.29 is 14.6 Å². The molecule has 1 aromatic carbocycles. The third-order valence-corrected chi connectivity index (χ3v) is 6.81. The Hall–Kier alpha value is -1.64. The van der Waals surface area contributed by atoms with Gasteiger partial charge in [-0.15, -0.1) is 0 Å². The fourth-order valence-corrected chi connectivity index (χ4v) is 4.65. The van der Waals surface area contributed by atoms with E-state index >= 15 is 0 Å². The first-order valence-electron chi connectivity index (χ1n) is 11.0. The van der Waals surface area contributed by atoms with Crippen molar-refractivity contribution in [2.45, 2.75) is 98.2 Å². The number of hydrogen-bond acceptors (Lipinski definition) is 3. The summed E-state index contributed by atoms with van der Waals surface area (Å²) in [6, 6.07) is 3.76. The predicted octanol–water partition coefficient (Wildman–Crippen LogP) is 7.12. The summed E-state index contributed by atoms with van der Waals surface area (Å²) in [5.74, 6) is 2.78. The summed E-state index contributed by atoms with van der Waals surface area (Å²) >= 11 is 0. The Kier molecular flexibility index (Phi) is 5.76. The molecule has 2 atom stereocenters. The SMILES string of the molecule is CCCCC(C)C(C)(C)Oc1cc(O)c2c(c1)OC(C)(C)C1=C2CC(C)CC1. The van der Waals surface area contributed by atoms with Crippen LogP contribution in [-0.2, 0) is 0 Å². The van der Waals surface area contributed by atoms with E-state index in [9.17, 15) is 5.11 Å². The minimum Gasteiger partial charge on any atom is -0.507 e. The standard InChI is InChI=1S/C25H38O3/c1-8-9-10-17(3)24(4,5)27-18-14-21(26)23-19-13-16(2)11-12-20(19)25(6,7)28-22(23)15-18/h14-17,26H,8-13H2,1-7H3. The molecule has 1 N–H and O–H groups in total. The zero-order chi connectivity index (χ0) is 20.7. The first-order chi connectivity index (χ1) is 13.0. The minimum atomic E-state index is -0.336. The van der Waals surface area contributed by atoms with Crippen LogP contribution in [0.1, 0.15) is 92.6 Å². The second kappa shape index (κ2) is 7.65. The van der Waals surface area contributed by atoms with Crippen LogP contribution in [0, 0.1) is 11.8 Å². The molecule has 0 bridgehead atoms. The molecule has 0 fully saturated rings. The topological polar surface area (TPSA) is 38.7 Å². The molecule has 2 aliphatic rings. The van der Waals surface area contributed by atoms with Crippen molar-refractivity contribution in [2.75, 3.05) is 0 Å². The molecule has 3 nitrogen and oxygen atoms in total. The largest absolute Gasteiger partial charge is 0.507 e. The molecule has 0 radical (unpaired) electrons. The van der Waals surface area contributed by atoms with E-state index in [2.05, 4.69) is 48.5 Å². The van der Waals surface area contributed by atoms with Crippen molar-refractivity contribution >= 4 is 5.57 Å². The zero-order valence-electron chi connectivity index (χ0n) is 18.8. The van der Waals surface area contributed by atoms with Crippen LogP contribution in [0.5, 0.6) is 17.2 Å². The number of benzene rings is 1. The van der Waals surface area contributed by atoms with Crippen LogP contribution in [0.4, 0.5) is 0 Å². The highest BCUT2D eigenvalue weighted by atomic mass is 16.5. The summed E-state index contributed by atoms with van der Waals surface area (Å²) in [7, 11) is 0. The molecule has 28 heavy (non-hydrogen) atoms. The normalized spacial score (nSPS) is 22.2. The van der Waals surface area contributed by atoms with Gasteiger partial charge in [-0.3, -0.25) is 0 Å². The molecule has 0 aromatic heterocycles. The van der Waals surface area contributed by atoms with Gasteiger partial charge in [-0.2, -0.15) is 0 Å². The minimum absolute atomic E-state index is 0.279. The van der Waals surface area contributed by atoms with Gasteiger partial charge in [0.2, 0.25) is 0 Å². The zero-order valence-corrected chi connectivity index (χ0v) is 18.8. The van der Waals surface area contributed by atoms with Gasteiger partial charge in [0, 0.05) is 12.1 Å². The van der Waals surface area contributed by atoms with Crippen molar-refractivity contribution in [3.63, 3.8) is 0 Å². The molecule has 2 unspecified atom stereocenters. The quantitative estimate of drug-likeness (QED) is 0.565. The van der Waals surface area contributed by atoms with E-state index in [0.717, 1.165) is 30.6 Å². The van der Waals surface area contributed by atoms with Crippen molar-refractivity contribution in [1.29, 1.82) is 0 Å². The Morgan fingerprint density at radius 1 is 1.32 bits per heavy atom. The maximum absolute atomic E-state index is 10.9. The number of aromatic hydroxyl groups is 1. The van der Waals surface area contributed by atoms with E-state index in [1.165, 1.54) is 30.4 Å². The first-order valence-corrected chi connectivity index (χ1v) is 11.0. The van der Waals surface area contributed by atoms with Gasteiger partial charge >= 0.3 is 0 Å². The monoisotopic (exact) mass is 386 g/mol. The molecule has 1 heterocycles. The van der Waals surface area contributed by atoms with E-state index in [0.29, 0.717) is 17.6 Å². The highest BCUT2D eigenvalue weighted by Gasteiger charge is 2.39. The van der Waals surface area contributed by atoms with Gasteiger partial charge < -0.3 is 14.6 Å². The Morgan fingerprint density at radius 3 is 2.71 bits per heavy atom. The van der Waals surface area contributed by atoms with Crippen molar-refractivity contribution in [2.24, 2.45) is 11.8 Å². The Bertz CT molecular complexity index is 757. The fraction of sp³-hybridized carbons (Fsp3) is 0.680. The lowest BCUT2D eigenvalue weighted by Crippen LogP contribution is -2.37. The van der Waals surface area contributed by atoms with E-state index < -0.39 is 0 Å². The van der Waals surface area contributed by atoms with E-state index in [-0.39, 0.29) is 17.0 Å². The van der Waals surface area contributed by atoms with Gasteiger partial charge in [-0.25, -0.2) is 0 Å². The van der Waals surface area contributed by atoms with E-state index in [4.69, 9.17) is 9.47 Å². The van der Waals surface area contributed by atoms with Crippen LogP contribution in [0.25, 0.3) is 5.57 Å². The smallest absolute Gasteiger partial charge is 0.135 e. The van der Waals surface area contributed by atoms with E-state index in [1.807, 2.05) is 6.07 Å². The second-order valence-electron chi connectivity index (χ2n) is 9.98. The number of ether oxygens (including phenoxy) is 2. The van der Waals surface area contributed by atoms with Crippen molar-refractivity contribution in [3.8, 4) is 17.2 Å². The molecular formula is C25H38O3. The Morgan fingerprint density at radius 2 is 2.04 bits per heavy atom. The number of unbranched alkanes of at least 4 members (excludes halogenated alkanes) is 1. The number of fused-ring (bicyclic) bond motifs is 2. The molecule has 0 amide bonds. The molecular weight excluding hydrogens is 348 g/mol. The summed E-state index contributed by atoms with van der Waals surface area (Å²) in [6.07, 6.45) is 6.77. The Balaban J connectivity index is 1.94. The third kappa shape index (κ3) is 4.04. The van der Waals surface area contributed by atoms with Crippen LogP contribution < -0.4 is 9.47 Å². The van der Waals surface area contributed by atoms with Gasteiger partial charge in [0.25, 0.3) is 0 Å². The highest BCUT2D eigenvalue weighted by molar-refractivity contribution is 5.81. The van der Waals surface area contributed by atoms with Crippen molar-refractivity contribution in [3.05, 3.63) is 23.3 Å². The Labute approximate surface area is 171 Å². The van der Waals surface area contributed by atoms with Gasteiger partial charge in [0.1, 0.15) is 28.5 Å². The predicted molar refractivity (Wildman–Crippen MR) is 116 cm³/mol.